The van der Waals surface area contributed by atoms with Gasteiger partial charge in [0.1, 0.15) is 0 Å². The van der Waals surface area contributed by atoms with Gasteiger partial charge in [-0.25, -0.2) is 0 Å². The number of halogens is 1. The van der Waals surface area contributed by atoms with Gasteiger partial charge in [-0.2, -0.15) is 0 Å². The van der Waals surface area contributed by atoms with Crippen LogP contribution < -0.4 is 20.1 Å². The number of methoxy groups -OCH3 is 1. The van der Waals surface area contributed by atoms with Crippen LogP contribution in [0.25, 0.3) is 0 Å². The molecular formula is C24H24ClN3O4. The van der Waals surface area contributed by atoms with Crippen molar-refractivity contribution in [3.05, 3.63) is 77.1 Å². The first-order chi connectivity index (χ1) is 15.4. The van der Waals surface area contributed by atoms with Crippen molar-refractivity contribution in [3.8, 4) is 11.5 Å². The summed E-state index contributed by atoms with van der Waals surface area (Å²) in [7, 11) is 1.49. The standard InChI is InChI=1S/C24H24ClN3O4/c1-15(2)14-32-22-20(25)12-17(13-21(22)31-3)24(30)28-19-6-4-5-16(11-19)23(29)27-18-7-9-26-10-8-18/h4-13,15H,14H2,1-3H3,(H,28,30)(H,26,27,29). The monoisotopic (exact) mass is 453 g/mol. The van der Waals surface area contributed by atoms with Crippen molar-refractivity contribution in [2.24, 2.45) is 5.92 Å². The zero-order valence-electron chi connectivity index (χ0n) is 18.0. The molecule has 2 N–H and O–H groups in total. The first kappa shape index (κ1) is 23.1. The zero-order chi connectivity index (χ0) is 23.1. The second-order valence-corrected chi connectivity index (χ2v) is 7.83. The van der Waals surface area contributed by atoms with Gasteiger partial charge < -0.3 is 20.1 Å². The molecule has 3 rings (SSSR count). The lowest BCUT2D eigenvalue weighted by atomic mass is 10.1. The summed E-state index contributed by atoms with van der Waals surface area (Å²) >= 11 is 6.35. The molecule has 0 bridgehead atoms. The van der Waals surface area contributed by atoms with Gasteiger partial charge in [-0.05, 0) is 48.4 Å². The predicted octanol–water partition coefficient (Wildman–Crippen LogP) is 5.28. The highest BCUT2D eigenvalue weighted by Gasteiger charge is 2.17. The van der Waals surface area contributed by atoms with E-state index in [4.69, 9.17) is 21.1 Å². The topological polar surface area (TPSA) is 89.5 Å². The second kappa shape index (κ2) is 10.6. The molecule has 0 atom stereocenters. The summed E-state index contributed by atoms with van der Waals surface area (Å²) in [4.78, 5) is 29.2. The Labute approximate surface area is 191 Å². The number of carbonyl (C=O) groups is 2. The van der Waals surface area contributed by atoms with Gasteiger partial charge in [0, 0.05) is 34.9 Å². The molecule has 0 saturated carbocycles. The van der Waals surface area contributed by atoms with Gasteiger partial charge in [0.2, 0.25) is 0 Å². The molecule has 32 heavy (non-hydrogen) atoms. The van der Waals surface area contributed by atoms with Crippen LogP contribution in [-0.2, 0) is 0 Å². The number of pyridine rings is 1. The highest BCUT2D eigenvalue weighted by atomic mass is 35.5. The SMILES string of the molecule is COc1cc(C(=O)Nc2cccc(C(=O)Nc3ccncc3)c2)cc(Cl)c1OCC(C)C. The van der Waals surface area contributed by atoms with E-state index in [0.717, 1.165) is 0 Å². The molecule has 166 valence electrons. The minimum absolute atomic E-state index is 0.278. The van der Waals surface area contributed by atoms with Crippen molar-refractivity contribution < 1.29 is 19.1 Å². The lowest BCUT2D eigenvalue weighted by Crippen LogP contribution is -2.15. The average Bonchev–Trinajstić information content (AvgIpc) is 2.78. The molecule has 7 nitrogen and oxygen atoms in total. The Morgan fingerprint density at radius 1 is 0.969 bits per heavy atom. The summed E-state index contributed by atoms with van der Waals surface area (Å²) in [5.41, 5.74) is 1.79. The van der Waals surface area contributed by atoms with Gasteiger partial charge >= 0.3 is 0 Å². The lowest BCUT2D eigenvalue weighted by Gasteiger charge is -2.15. The number of nitrogens with zero attached hydrogens (tertiary/aromatic N) is 1. The molecular weight excluding hydrogens is 430 g/mol. The Morgan fingerprint density at radius 2 is 1.66 bits per heavy atom. The third kappa shape index (κ3) is 5.98. The first-order valence-electron chi connectivity index (χ1n) is 10.0. The number of nitrogens with one attached hydrogen (secondary N) is 2. The quantitative estimate of drug-likeness (QED) is 0.484. The summed E-state index contributed by atoms with van der Waals surface area (Å²) < 4.78 is 11.1. The molecule has 0 saturated heterocycles. The lowest BCUT2D eigenvalue weighted by molar-refractivity contribution is 0.101. The number of hydrogen-bond donors (Lipinski definition) is 2. The molecule has 0 aliphatic carbocycles. The molecule has 8 heteroatoms. The van der Waals surface area contributed by atoms with Crippen LogP contribution in [-0.4, -0.2) is 30.5 Å². The van der Waals surface area contributed by atoms with Gasteiger partial charge in [-0.1, -0.05) is 31.5 Å². The Bertz CT molecular complexity index is 1100. The molecule has 0 aliphatic heterocycles. The summed E-state index contributed by atoms with van der Waals surface area (Å²) in [6, 6.07) is 13.1. The number of carbonyl (C=O) groups excluding carboxylic acids is 2. The van der Waals surface area contributed by atoms with Gasteiger partial charge in [-0.15, -0.1) is 0 Å². The highest BCUT2D eigenvalue weighted by molar-refractivity contribution is 6.32. The molecule has 0 spiro atoms. The van der Waals surface area contributed by atoms with E-state index in [0.29, 0.717) is 46.5 Å². The normalized spacial score (nSPS) is 10.5. The number of anilines is 2. The van der Waals surface area contributed by atoms with Crippen LogP contribution in [0, 0.1) is 5.92 Å². The fourth-order valence-electron chi connectivity index (χ4n) is 2.82. The summed E-state index contributed by atoms with van der Waals surface area (Å²) in [5.74, 6) is 0.376. The highest BCUT2D eigenvalue weighted by Crippen LogP contribution is 2.37. The van der Waals surface area contributed by atoms with E-state index in [1.54, 1.807) is 54.9 Å². The predicted molar refractivity (Wildman–Crippen MR) is 125 cm³/mol. The number of ether oxygens (including phenoxy) is 2. The molecule has 0 unspecified atom stereocenters. The number of benzene rings is 2. The van der Waals surface area contributed by atoms with Crippen molar-refractivity contribution in [2.75, 3.05) is 24.4 Å². The molecule has 3 aromatic rings. The molecule has 0 fully saturated rings. The molecule has 1 heterocycles. The van der Waals surface area contributed by atoms with Crippen molar-refractivity contribution in [2.45, 2.75) is 13.8 Å². The Balaban J connectivity index is 1.75. The first-order valence-corrected chi connectivity index (χ1v) is 10.4. The van der Waals surface area contributed by atoms with Gasteiger partial charge in [0.25, 0.3) is 11.8 Å². The molecule has 1 aromatic heterocycles. The number of hydrogen-bond acceptors (Lipinski definition) is 5. The van der Waals surface area contributed by atoms with E-state index >= 15 is 0 Å². The van der Waals surface area contributed by atoms with Crippen LogP contribution in [0.15, 0.2) is 60.9 Å². The van der Waals surface area contributed by atoms with E-state index in [2.05, 4.69) is 15.6 Å². The number of amides is 2. The van der Waals surface area contributed by atoms with E-state index in [-0.39, 0.29) is 10.9 Å². The maximum Gasteiger partial charge on any atom is 0.255 e. The minimum atomic E-state index is -0.396. The maximum absolute atomic E-state index is 12.8. The van der Waals surface area contributed by atoms with Gasteiger partial charge in [0.15, 0.2) is 11.5 Å². The van der Waals surface area contributed by atoms with Crippen LogP contribution in [0.1, 0.15) is 34.6 Å². The van der Waals surface area contributed by atoms with E-state index in [1.165, 1.54) is 13.2 Å². The molecule has 0 radical (unpaired) electrons. The van der Waals surface area contributed by atoms with Crippen molar-refractivity contribution >= 4 is 34.8 Å². The zero-order valence-corrected chi connectivity index (χ0v) is 18.8. The van der Waals surface area contributed by atoms with Crippen LogP contribution in [0.3, 0.4) is 0 Å². The third-order valence-electron chi connectivity index (χ3n) is 4.37. The summed E-state index contributed by atoms with van der Waals surface area (Å²) in [6.07, 6.45) is 3.18. The van der Waals surface area contributed by atoms with E-state index in [9.17, 15) is 9.59 Å². The number of aromatic nitrogens is 1. The fraction of sp³-hybridized carbons (Fsp3) is 0.208. The van der Waals surface area contributed by atoms with Crippen molar-refractivity contribution in [1.82, 2.24) is 4.98 Å². The fourth-order valence-corrected chi connectivity index (χ4v) is 3.09. The molecule has 0 aliphatic rings. The van der Waals surface area contributed by atoms with Crippen LogP contribution in [0.2, 0.25) is 5.02 Å². The van der Waals surface area contributed by atoms with E-state index in [1.807, 2.05) is 13.8 Å². The Morgan fingerprint density at radius 3 is 2.34 bits per heavy atom. The third-order valence-corrected chi connectivity index (χ3v) is 4.65. The maximum atomic E-state index is 12.8. The Kier molecular flexibility index (Phi) is 7.68. The van der Waals surface area contributed by atoms with Crippen molar-refractivity contribution in [1.29, 1.82) is 0 Å². The smallest absolute Gasteiger partial charge is 0.255 e. The van der Waals surface area contributed by atoms with Crippen molar-refractivity contribution in [3.63, 3.8) is 0 Å². The van der Waals surface area contributed by atoms with Crippen LogP contribution >= 0.6 is 11.6 Å². The van der Waals surface area contributed by atoms with Gasteiger partial charge in [0.05, 0.1) is 18.7 Å². The largest absolute Gasteiger partial charge is 0.493 e. The summed E-state index contributed by atoms with van der Waals surface area (Å²) in [6.45, 7) is 4.51. The van der Waals surface area contributed by atoms with Crippen LogP contribution in [0.4, 0.5) is 11.4 Å². The molecule has 2 aromatic carbocycles. The number of rotatable bonds is 8. The Hall–Kier alpha value is -3.58. The minimum Gasteiger partial charge on any atom is -0.493 e. The van der Waals surface area contributed by atoms with Crippen LogP contribution in [0.5, 0.6) is 11.5 Å². The van der Waals surface area contributed by atoms with E-state index < -0.39 is 5.91 Å². The second-order valence-electron chi connectivity index (χ2n) is 7.42. The average molecular weight is 454 g/mol. The van der Waals surface area contributed by atoms with Gasteiger partial charge in [-0.3, -0.25) is 14.6 Å². The summed E-state index contributed by atoms with van der Waals surface area (Å²) in [5, 5.41) is 5.84. The molecule has 2 amide bonds.